The fourth-order valence-corrected chi connectivity index (χ4v) is 13.7. The van der Waals surface area contributed by atoms with Crippen molar-refractivity contribution < 1.29 is 0 Å². The molecule has 0 bridgehead atoms. The summed E-state index contributed by atoms with van der Waals surface area (Å²) >= 11 is 0. The number of hydrogen-bond acceptors (Lipinski definition) is 4. The number of nitrogens with one attached hydrogen (secondary N) is 1. The lowest BCUT2D eigenvalue weighted by Gasteiger charge is -2.55. The second kappa shape index (κ2) is 12.0. The van der Waals surface area contributed by atoms with Crippen LogP contribution in [0.5, 0.6) is 0 Å². The summed E-state index contributed by atoms with van der Waals surface area (Å²) in [5, 5.41) is 0. The van der Waals surface area contributed by atoms with Crippen molar-refractivity contribution in [2.75, 3.05) is 9.13 Å². The van der Waals surface area contributed by atoms with Crippen LogP contribution in [0.4, 0.5) is 11.4 Å². The molecule has 2 aromatic rings. The van der Waals surface area contributed by atoms with Crippen molar-refractivity contribution in [3.05, 3.63) is 93.1 Å². The molecule has 0 saturated carbocycles. The van der Waals surface area contributed by atoms with Crippen LogP contribution >= 0.6 is 0 Å². The van der Waals surface area contributed by atoms with Crippen LogP contribution < -0.4 is 13.8 Å². The van der Waals surface area contributed by atoms with E-state index < -0.39 is 17.0 Å². The van der Waals surface area contributed by atoms with Crippen molar-refractivity contribution in [1.29, 1.82) is 0 Å². The van der Waals surface area contributed by atoms with Gasteiger partial charge in [0.05, 0.1) is 0 Å². The standard InChI is InChI=1S/C32H50N6Si2/c1-21(2)27-16-14-17-28(22(3)4)31(27)37-25(9)20-26(10)38(40(37,35-34-33)36-39(11,12)13)32-29(23(5)6)18-15-19-30(32)24(7)8/h14-24,36H,9H2,1-8,10-13H3. The lowest BCUT2D eigenvalue weighted by atomic mass is 9.92. The van der Waals surface area contributed by atoms with Gasteiger partial charge in [-0.25, -0.2) is 0 Å². The lowest BCUT2D eigenvalue weighted by molar-refractivity contribution is 0.816. The Labute approximate surface area is 245 Å². The van der Waals surface area contributed by atoms with E-state index in [4.69, 9.17) is 4.78 Å². The lowest BCUT2D eigenvalue weighted by Crippen LogP contribution is -2.79. The molecule has 6 nitrogen and oxygen atoms in total. The molecular formula is C32H50N6Si2. The van der Waals surface area contributed by atoms with Gasteiger partial charge in [-0.2, -0.15) is 0 Å². The summed E-state index contributed by atoms with van der Waals surface area (Å²) in [5.74, 6) is 1.14. The van der Waals surface area contributed by atoms with E-state index in [1.54, 1.807) is 0 Å². The second-order valence-corrected chi connectivity index (χ2v) is 21.2. The number of benzene rings is 2. The molecule has 1 atom stereocenters. The van der Waals surface area contributed by atoms with Gasteiger partial charge in [0, 0.05) is 27.7 Å². The molecule has 0 amide bonds. The normalized spacial score (nSPS) is 18.2. The molecule has 40 heavy (non-hydrogen) atoms. The maximum Gasteiger partial charge on any atom is 0.441 e. The number of anilines is 2. The largest absolute Gasteiger partial charge is 0.441 e. The minimum atomic E-state index is -3.47. The van der Waals surface area contributed by atoms with Gasteiger partial charge >= 0.3 is 8.72 Å². The van der Waals surface area contributed by atoms with Crippen molar-refractivity contribution in [3.63, 3.8) is 0 Å². The summed E-state index contributed by atoms with van der Waals surface area (Å²) in [6.07, 6.45) is 2.17. The first-order chi connectivity index (χ1) is 18.6. The summed E-state index contributed by atoms with van der Waals surface area (Å²) in [5.41, 5.74) is 19.6. The summed E-state index contributed by atoms with van der Waals surface area (Å²) in [6, 6.07) is 13.2. The van der Waals surface area contributed by atoms with E-state index in [0.29, 0.717) is 11.8 Å². The fourth-order valence-electron chi connectivity index (χ4n) is 5.88. The number of allylic oxidation sites excluding steroid dienone is 2. The first kappa shape index (κ1) is 31.7. The predicted octanol–water partition coefficient (Wildman–Crippen LogP) is 10.1. The van der Waals surface area contributed by atoms with Crippen LogP contribution in [0.3, 0.4) is 0 Å². The highest BCUT2D eigenvalue weighted by molar-refractivity contribution is 6.95. The second-order valence-electron chi connectivity index (χ2n) is 13.3. The van der Waals surface area contributed by atoms with E-state index in [1.807, 2.05) is 0 Å². The van der Waals surface area contributed by atoms with Crippen LogP contribution in [0.2, 0.25) is 19.6 Å². The molecule has 0 aromatic heterocycles. The molecule has 1 N–H and O–H groups in total. The first-order valence-corrected chi connectivity index (χ1v) is 20.0. The number of para-hydroxylation sites is 2. The van der Waals surface area contributed by atoms with Crippen molar-refractivity contribution in [3.8, 4) is 0 Å². The molecule has 0 fully saturated rings. The Morgan fingerprint density at radius 2 is 1.15 bits per heavy atom. The van der Waals surface area contributed by atoms with Crippen LogP contribution in [-0.4, -0.2) is 17.0 Å². The van der Waals surface area contributed by atoms with Crippen LogP contribution in [0, 0.1) is 0 Å². The molecule has 8 heteroatoms. The van der Waals surface area contributed by atoms with Crippen molar-refractivity contribution in [1.82, 2.24) is 4.65 Å². The maximum absolute atomic E-state index is 10.4. The Morgan fingerprint density at radius 3 is 1.48 bits per heavy atom. The highest BCUT2D eigenvalue weighted by atomic mass is 28.4. The molecule has 1 aliphatic heterocycles. The van der Waals surface area contributed by atoms with E-state index in [9.17, 15) is 5.53 Å². The summed E-state index contributed by atoms with van der Waals surface area (Å²) in [7, 11) is -5.52. The highest BCUT2D eigenvalue weighted by Crippen LogP contribution is 2.47. The smallest absolute Gasteiger partial charge is 0.338 e. The molecular weight excluding hydrogens is 525 g/mol. The van der Waals surface area contributed by atoms with E-state index in [0.717, 1.165) is 22.8 Å². The average molecular weight is 575 g/mol. The van der Waals surface area contributed by atoms with Crippen molar-refractivity contribution in [2.45, 2.75) is 106 Å². The fraction of sp³-hybridized carbons (Fsp3) is 0.500. The zero-order chi connectivity index (χ0) is 30.2. The quantitative estimate of drug-likeness (QED) is 0.140. The summed E-state index contributed by atoms with van der Waals surface area (Å²) in [6.45, 7) is 31.6. The Bertz CT molecular complexity index is 1280. The predicted molar refractivity (Wildman–Crippen MR) is 178 cm³/mol. The summed E-state index contributed by atoms with van der Waals surface area (Å²) < 4.78 is 13.8. The minimum absolute atomic E-state index is 0.278. The summed E-state index contributed by atoms with van der Waals surface area (Å²) in [4.78, 5) is 3.63. The number of azide groups is 1. The minimum Gasteiger partial charge on any atom is -0.338 e. The zero-order valence-corrected chi connectivity index (χ0v) is 28.8. The van der Waals surface area contributed by atoms with E-state index in [2.05, 4.69) is 150 Å². The maximum atomic E-state index is 10.4. The molecule has 0 spiro atoms. The van der Waals surface area contributed by atoms with Crippen LogP contribution in [0.1, 0.15) is 108 Å². The molecule has 2 aromatic carbocycles. The number of nitrogens with zero attached hydrogens (tertiary/aromatic N) is 5. The van der Waals surface area contributed by atoms with Crippen LogP contribution in [-0.2, 0) is 0 Å². The molecule has 1 heterocycles. The zero-order valence-electron chi connectivity index (χ0n) is 26.8. The van der Waals surface area contributed by atoms with Crippen molar-refractivity contribution in [2.24, 2.45) is 4.78 Å². The molecule has 1 aliphatic rings. The monoisotopic (exact) mass is 574 g/mol. The Morgan fingerprint density at radius 1 is 0.775 bits per heavy atom. The third-order valence-electron chi connectivity index (χ3n) is 7.50. The van der Waals surface area contributed by atoms with E-state index in [1.165, 1.54) is 22.3 Å². The molecule has 0 saturated heterocycles. The Balaban J connectivity index is 2.63. The van der Waals surface area contributed by atoms with E-state index in [-0.39, 0.29) is 11.8 Å². The molecule has 3 rings (SSSR count). The van der Waals surface area contributed by atoms with Gasteiger partial charge < -0.3 is 13.8 Å². The average Bonchev–Trinajstić information content (AvgIpc) is 2.82. The highest BCUT2D eigenvalue weighted by Gasteiger charge is 2.55. The topological polar surface area (TPSA) is 67.3 Å². The number of rotatable bonds is 9. The van der Waals surface area contributed by atoms with Gasteiger partial charge in [0.2, 0.25) is 0 Å². The van der Waals surface area contributed by atoms with Crippen LogP contribution in [0.25, 0.3) is 10.4 Å². The Kier molecular flexibility index (Phi) is 9.52. The molecule has 1 unspecified atom stereocenters. The molecule has 0 radical (unpaired) electrons. The van der Waals surface area contributed by atoms with Crippen LogP contribution in [0.15, 0.2) is 65.2 Å². The Hall–Kier alpha value is -2.78. The third-order valence-corrected chi connectivity index (χ3v) is 14.5. The van der Waals surface area contributed by atoms with Gasteiger partial charge in [-0.15, -0.1) is 0 Å². The van der Waals surface area contributed by atoms with E-state index >= 15 is 0 Å². The third kappa shape index (κ3) is 5.96. The van der Waals surface area contributed by atoms with Gasteiger partial charge in [-0.3, -0.25) is 0 Å². The number of hydrogen-bond donors (Lipinski definition) is 1. The molecule has 0 aliphatic carbocycles. The van der Waals surface area contributed by atoms with Gasteiger partial charge in [0.25, 0.3) is 0 Å². The van der Waals surface area contributed by atoms with Crippen molar-refractivity contribution >= 4 is 28.3 Å². The van der Waals surface area contributed by atoms with Gasteiger partial charge in [0.15, 0.2) is 0 Å². The van der Waals surface area contributed by atoms with Gasteiger partial charge in [0.1, 0.15) is 8.24 Å². The first-order valence-electron chi connectivity index (χ1n) is 14.7. The van der Waals surface area contributed by atoms with Gasteiger partial charge in [-0.1, -0.05) is 118 Å². The SMILES string of the molecule is C=C1C=C(C)N(c2c(C(C)C)cccc2C(C)C)[Si](N=[N+]=[N-])(N[Si](C)(C)C)N1c1c(C(C)C)cccc1C(C)C. The molecule has 216 valence electrons. The van der Waals surface area contributed by atoms with Gasteiger partial charge in [-0.05, 0) is 69.2 Å².